The van der Waals surface area contributed by atoms with E-state index in [0.29, 0.717) is 0 Å². The van der Waals surface area contributed by atoms with Gasteiger partial charge < -0.3 is 15.0 Å². The predicted molar refractivity (Wildman–Crippen MR) is 74.8 cm³/mol. The molecule has 94 valence electrons. The minimum Gasteiger partial charge on any atom is -0.497 e. The van der Waals surface area contributed by atoms with E-state index in [1.54, 1.807) is 13.3 Å². The van der Waals surface area contributed by atoms with Gasteiger partial charge in [-0.05, 0) is 30.3 Å². The van der Waals surface area contributed by atoms with Gasteiger partial charge in [0.1, 0.15) is 11.6 Å². The highest BCUT2D eigenvalue weighted by atomic mass is 16.5. The van der Waals surface area contributed by atoms with Crippen LogP contribution in [0, 0.1) is 0 Å². The number of aromatic nitrogens is 1. The first-order valence-corrected chi connectivity index (χ1v) is 5.76. The Morgan fingerprint density at radius 2 is 1.83 bits per heavy atom. The normalized spacial score (nSPS) is 9.94. The number of anilines is 3. The van der Waals surface area contributed by atoms with Crippen molar-refractivity contribution in [2.24, 2.45) is 0 Å². The van der Waals surface area contributed by atoms with E-state index in [4.69, 9.17) is 4.74 Å². The summed E-state index contributed by atoms with van der Waals surface area (Å²) in [5, 5.41) is 3.03. The lowest BCUT2D eigenvalue weighted by Crippen LogP contribution is -2.09. The van der Waals surface area contributed by atoms with Gasteiger partial charge in [-0.1, -0.05) is 0 Å². The molecule has 0 bridgehead atoms. The Morgan fingerprint density at radius 1 is 1.11 bits per heavy atom. The summed E-state index contributed by atoms with van der Waals surface area (Å²) >= 11 is 0. The maximum atomic E-state index is 5.15. The van der Waals surface area contributed by atoms with Gasteiger partial charge in [0, 0.05) is 37.7 Å². The van der Waals surface area contributed by atoms with Crippen LogP contribution in [0.15, 0.2) is 42.6 Å². The zero-order valence-electron chi connectivity index (χ0n) is 10.8. The average Bonchev–Trinajstić information content (AvgIpc) is 2.46. The van der Waals surface area contributed by atoms with Crippen LogP contribution in [0.2, 0.25) is 0 Å². The number of hydrogen-bond donors (Lipinski definition) is 1. The summed E-state index contributed by atoms with van der Waals surface area (Å²) in [4.78, 5) is 6.30. The zero-order valence-corrected chi connectivity index (χ0v) is 10.8. The van der Waals surface area contributed by atoms with E-state index >= 15 is 0 Å². The molecule has 0 atom stereocenters. The largest absolute Gasteiger partial charge is 0.497 e. The summed E-state index contributed by atoms with van der Waals surface area (Å²) in [7, 11) is 5.55. The van der Waals surface area contributed by atoms with Crippen LogP contribution in [-0.2, 0) is 0 Å². The van der Waals surface area contributed by atoms with Crippen molar-refractivity contribution in [3.05, 3.63) is 42.6 Å². The number of hydrogen-bond acceptors (Lipinski definition) is 4. The molecule has 0 aliphatic carbocycles. The summed E-state index contributed by atoms with van der Waals surface area (Å²) in [6, 6.07) is 11.9. The highest BCUT2D eigenvalue weighted by molar-refractivity contribution is 5.65. The molecule has 0 aliphatic rings. The molecule has 0 amide bonds. The van der Waals surface area contributed by atoms with Gasteiger partial charge in [-0.2, -0.15) is 0 Å². The summed E-state index contributed by atoms with van der Waals surface area (Å²) in [6.07, 6.45) is 1.79. The van der Waals surface area contributed by atoms with E-state index in [-0.39, 0.29) is 0 Å². The molecule has 0 aliphatic heterocycles. The Bertz CT molecular complexity index is 511. The van der Waals surface area contributed by atoms with Gasteiger partial charge in [0.15, 0.2) is 0 Å². The molecule has 1 heterocycles. The van der Waals surface area contributed by atoms with Crippen molar-refractivity contribution in [1.29, 1.82) is 0 Å². The summed E-state index contributed by atoms with van der Waals surface area (Å²) < 4.78 is 5.15. The molecule has 0 saturated heterocycles. The lowest BCUT2D eigenvalue weighted by atomic mass is 10.2. The fraction of sp³-hybridized carbons (Fsp3) is 0.214. The van der Waals surface area contributed by atoms with E-state index < -0.39 is 0 Å². The molecule has 2 aromatic rings. The van der Waals surface area contributed by atoms with E-state index in [9.17, 15) is 0 Å². The standard InChI is InChI=1S/C14H17N3O/c1-15-14-10-12(8-9-16-14)17(2)11-4-6-13(18-3)7-5-11/h4-10H,1-3H3,(H,15,16). The molecule has 0 radical (unpaired) electrons. The van der Waals surface area contributed by atoms with Crippen molar-refractivity contribution in [3.63, 3.8) is 0 Å². The third kappa shape index (κ3) is 2.53. The highest BCUT2D eigenvalue weighted by Crippen LogP contribution is 2.26. The number of ether oxygens (including phenoxy) is 1. The molecule has 18 heavy (non-hydrogen) atoms. The van der Waals surface area contributed by atoms with Crippen LogP contribution < -0.4 is 15.0 Å². The van der Waals surface area contributed by atoms with Crippen LogP contribution >= 0.6 is 0 Å². The van der Waals surface area contributed by atoms with Crippen molar-refractivity contribution >= 4 is 17.2 Å². The highest BCUT2D eigenvalue weighted by Gasteiger charge is 2.05. The van der Waals surface area contributed by atoms with Gasteiger partial charge in [-0.3, -0.25) is 0 Å². The second-order valence-corrected chi connectivity index (χ2v) is 3.91. The second-order valence-electron chi connectivity index (χ2n) is 3.91. The van der Waals surface area contributed by atoms with Crippen LogP contribution in [-0.4, -0.2) is 26.2 Å². The predicted octanol–water partition coefficient (Wildman–Crippen LogP) is 2.90. The molecule has 0 spiro atoms. The first-order valence-electron chi connectivity index (χ1n) is 5.76. The molecule has 4 heteroatoms. The van der Waals surface area contributed by atoms with Gasteiger partial charge >= 0.3 is 0 Å². The fourth-order valence-electron chi connectivity index (χ4n) is 1.72. The van der Waals surface area contributed by atoms with E-state index in [1.807, 2.05) is 50.5 Å². The Balaban J connectivity index is 2.25. The summed E-state index contributed by atoms with van der Waals surface area (Å²) in [5.41, 5.74) is 2.18. The van der Waals surface area contributed by atoms with Crippen molar-refractivity contribution in [1.82, 2.24) is 4.98 Å². The van der Waals surface area contributed by atoms with Crippen molar-refractivity contribution < 1.29 is 4.74 Å². The van der Waals surface area contributed by atoms with Gasteiger partial charge in [-0.15, -0.1) is 0 Å². The van der Waals surface area contributed by atoms with Gasteiger partial charge in [-0.25, -0.2) is 4.98 Å². The van der Waals surface area contributed by atoms with E-state index in [0.717, 1.165) is 22.9 Å². The maximum Gasteiger partial charge on any atom is 0.127 e. The van der Waals surface area contributed by atoms with Crippen molar-refractivity contribution in [2.45, 2.75) is 0 Å². The topological polar surface area (TPSA) is 37.4 Å². The molecule has 4 nitrogen and oxygen atoms in total. The number of methoxy groups -OCH3 is 1. The molecular weight excluding hydrogens is 226 g/mol. The molecule has 1 aromatic carbocycles. The summed E-state index contributed by atoms with van der Waals surface area (Å²) in [6.45, 7) is 0. The molecule has 1 aromatic heterocycles. The number of rotatable bonds is 4. The monoisotopic (exact) mass is 243 g/mol. The Morgan fingerprint density at radius 3 is 2.44 bits per heavy atom. The van der Waals surface area contributed by atoms with Crippen molar-refractivity contribution in [3.8, 4) is 5.75 Å². The zero-order chi connectivity index (χ0) is 13.0. The minimum atomic E-state index is 0.855. The second kappa shape index (κ2) is 5.40. The SMILES string of the molecule is CNc1cc(N(C)c2ccc(OC)cc2)ccn1. The quantitative estimate of drug-likeness (QED) is 0.896. The van der Waals surface area contributed by atoms with Gasteiger partial charge in [0.25, 0.3) is 0 Å². The van der Waals surface area contributed by atoms with Crippen LogP contribution in [0.25, 0.3) is 0 Å². The molecule has 0 unspecified atom stereocenters. The van der Waals surface area contributed by atoms with Gasteiger partial charge in [0.05, 0.1) is 7.11 Å². The van der Waals surface area contributed by atoms with E-state index in [1.165, 1.54) is 0 Å². The number of benzene rings is 1. The third-order valence-electron chi connectivity index (χ3n) is 2.85. The fourth-order valence-corrected chi connectivity index (χ4v) is 1.72. The Kier molecular flexibility index (Phi) is 3.67. The van der Waals surface area contributed by atoms with E-state index in [2.05, 4.69) is 15.2 Å². The molecule has 0 fully saturated rings. The molecule has 0 saturated carbocycles. The maximum absolute atomic E-state index is 5.15. The number of nitrogens with zero attached hydrogens (tertiary/aromatic N) is 2. The Hall–Kier alpha value is -2.23. The van der Waals surface area contributed by atoms with Gasteiger partial charge in [0.2, 0.25) is 0 Å². The number of pyridine rings is 1. The smallest absolute Gasteiger partial charge is 0.127 e. The summed E-state index contributed by atoms with van der Waals surface area (Å²) in [5.74, 6) is 1.71. The number of nitrogens with one attached hydrogen (secondary N) is 1. The minimum absolute atomic E-state index is 0.855. The van der Waals surface area contributed by atoms with Crippen molar-refractivity contribution in [2.75, 3.05) is 31.4 Å². The first kappa shape index (κ1) is 12.2. The average molecular weight is 243 g/mol. The first-order chi connectivity index (χ1) is 8.74. The third-order valence-corrected chi connectivity index (χ3v) is 2.85. The lowest BCUT2D eigenvalue weighted by molar-refractivity contribution is 0.415. The van der Waals surface area contributed by atoms with Crippen LogP contribution in [0.5, 0.6) is 5.75 Å². The lowest BCUT2D eigenvalue weighted by Gasteiger charge is -2.20. The molecular formula is C14H17N3O. The van der Waals surface area contributed by atoms with Crippen LogP contribution in [0.1, 0.15) is 0 Å². The van der Waals surface area contributed by atoms with Crippen LogP contribution in [0.3, 0.4) is 0 Å². The molecule has 2 rings (SSSR count). The van der Waals surface area contributed by atoms with Crippen LogP contribution in [0.4, 0.5) is 17.2 Å². The molecule has 1 N–H and O–H groups in total. The Labute approximate surface area is 107 Å².